The molecule has 0 radical (unpaired) electrons. The number of alkyl halides is 6. The van der Waals surface area contributed by atoms with Crippen LogP contribution in [-0.2, 0) is 20.0 Å². The number of hydrogen-bond acceptors (Lipinski definition) is 5. The molecular weight excluding hydrogens is 380 g/mol. The van der Waals surface area contributed by atoms with Gasteiger partial charge in [0.15, 0.2) is 26.7 Å². The van der Waals surface area contributed by atoms with E-state index in [0.29, 0.717) is 0 Å². The van der Waals surface area contributed by atoms with Crippen LogP contribution in [0, 0.1) is 0 Å². The molecule has 7 nitrogen and oxygen atoms in total. The first kappa shape index (κ1) is 21.9. The largest absolute Gasteiger partial charge is 0.480 e. The summed E-state index contributed by atoms with van der Waals surface area (Å²) >= 11 is 0. The fraction of sp³-hybridized carbons (Fsp3) is 0.750. The number of rotatable bonds is 3. The van der Waals surface area contributed by atoms with Crippen molar-refractivity contribution in [1.82, 2.24) is 4.90 Å². The quantitative estimate of drug-likeness (QED) is 0.698. The molecule has 1 N–H and O–H groups in total. The zero-order chi connectivity index (χ0) is 18.7. The smallest absolute Gasteiger partial charge is 0.421 e. The van der Waals surface area contributed by atoms with E-state index in [1.807, 2.05) is 0 Å². The first-order valence-electron chi connectivity index (χ1n) is 5.63. The molecule has 15 heteroatoms. The second-order valence-corrected chi connectivity index (χ2v) is 7.58. The van der Waals surface area contributed by atoms with Gasteiger partial charge in [0.1, 0.15) is 6.20 Å². The minimum atomic E-state index is -6.72. The van der Waals surface area contributed by atoms with Gasteiger partial charge in [-0.15, -0.1) is 0 Å². The Morgan fingerprint density at radius 1 is 1.04 bits per heavy atom. The summed E-state index contributed by atoms with van der Waals surface area (Å²) in [6.07, 6.45) is 4.32. The number of hydrogen-bond donors (Lipinski definition) is 1. The molecule has 0 saturated heterocycles. The van der Waals surface area contributed by atoms with E-state index in [4.69, 9.17) is 0 Å². The molecule has 138 valence electrons. The summed E-state index contributed by atoms with van der Waals surface area (Å²) in [5.74, 6) is 0. The Hall–Kier alpha value is -1.06. The van der Waals surface area contributed by atoms with Crippen molar-refractivity contribution < 1.29 is 48.1 Å². The van der Waals surface area contributed by atoms with Gasteiger partial charge in [0.05, 0.1) is 12.7 Å². The van der Waals surface area contributed by atoms with Crippen LogP contribution < -0.4 is 4.90 Å². The van der Waals surface area contributed by atoms with Gasteiger partial charge in [0.25, 0.3) is 0 Å². The first-order chi connectivity index (χ1) is 10.0. The molecule has 1 atom stereocenters. The van der Waals surface area contributed by atoms with Crippen LogP contribution in [0.2, 0.25) is 0 Å². The molecule has 0 aromatic rings. The van der Waals surface area contributed by atoms with Crippen molar-refractivity contribution >= 4 is 20.0 Å². The summed E-state index contributed by atoms with van der Waals surface area (Å²) in [4.78, 5) is 3.73. The van der Waals surface area contributed by atoms with E-state index in [1.165, 1.54) is 11.4 Å². The second-order valence-electron chi connectivity index (χ2n) is 4.16. The second kappa shape index (κ2) is 7.23. The van der Waals surface area contributed by atoms with Crippen molar-refractivity contribution in [3.63, 3.8) is 0 Å². The summed E-state index contributed by atoms with van der Waals surface area (Å²) in [5, 5.41) is 0. The van der Waals surface area contributed by atoms with Crippen molar-refractivity contribution in [2.45, 2.75) is 17.9 Å². The molecule has 1 unspecified atom stereocenters. The Balaban J connectivity index is 0.000000502. The van der Waals surface area contributed by atoms with Crippen LogP contribution in [0.4, 0.5) is 26.3 Å². The molecule has 0 aromatic heterocycles. The van der Waals surface area contributed by atoms with E-state index in [2.05, 4.69) is 31.3 Å². The first-order valence-corrected chi connectivity index (χ1v) is 8.51. The lowest BCUT2D eigenvalue weighted by atomic mass is 10.6. The molecule has 1 aliphatic heterocycles. The van der Waals surface area contributed by atoms with Crippen molar-refractivity contribution in [3.05, 3.63) is 16.5 Å². The van der Waals surface area contributed by atoms with Gasteiger partial charge in [-0.2, -0.15) is 26.3 Å². The average molecular weight is 393 g/mol. The lowest BCUT2D eigenvalue weighted by molar-refractivity contribution is -0.846. The highest BCUT2D eigenvalue weighted by atomic mass is 32.3. The Kier molecular flexibility index (Phi) is 6.89. The number of sulfonamides is 2. The van der Waals surface area contributed by atoms with Crippen LogP contribution in [0.25, 0.3) is 4.13 Å². The van der Waals surface area contributed by atoms with E-state index < -0.39 is 31.1 Å². The maximum atomic E-state index is 11.4. The topological polar surface area (TPSA) is 90.1 Å². The predicted octanol–water partition coefficient (Wildman–Crippen LogP) is 0.325. The van der Waals surface area contributed by atoms with E-state index in [1.54, 1.807) is 0 Å². The van der Waals surface area contributed by atoms with Gasteiger partial charge in [0, 0.05) is 7.05 Å². The summed E-state index contributed by atoms with van der Waals surface area (Å²) in [6.45, 7) is 4.52. The van der Waals surface area contributed by atoms with E-state index >= 15 is 0 Å². The summed E-state index contributed by atoms with van der Waals surface area (Å²) < 4.78 is 109. The SMILES string of the molecule is CC[NH+]1C=CN(C)C1.O=S(=O)([N-]S(=O)(=O)C(F)(F)F)C(F)(F)F. The van der Waals surface area contributed by atoms with Crippen LogP contribution in [0.1, 0.15) is 6.92 Å². The van der Waals surface area contributed by atoms with Crippen LogP contribution in [0.5, 0.6) is 0 Å². The molecule has 1 heterocycles. The minimum Gasteiger partial charge on any atom is -0.421 e. The van der Waals surface area contributed by atoms with Crippen LogP contribution in [0.15, 0.2) is 12.4 Å². The Bertz CT molecular complexity index is 583. The van der Waals surface area contributed by atoms with Crippen molar-refractivity contribution in [2.75, 3.05) is 20.3 Å². The number of nitrogens with one attached hydrogen (secondary N) is 1. The molecule has 0 aliphatic carbocycles. The van der Waals surface area contributed by atoms with Crippen LogP contribution in [0.3, 0.4) is 0 Å². The van der Waals surface area contributed by atoms with E-state index in [0.717, 1.165) is 10.8 Å². The average Bonchev–Trinajstić information content (AvgIpc) is 2.71. The van der Waals surface area contributed by atoms with Gasteiger partial charge in [-0.05, 0) is 6.92 Å². The van der Waals surface area contributed by atoms with Crippen LogP contribution in [-0.4, -0.2) is 53.0 Å². The van der Waals surface area contributed by atoms with Crippen molar-refractivity contribution in [2.24, 2.45) is 0 Å². The van der Waals surface area contributed by atoms with Crippen LogP contribution >= 0.6 is 0 Å². The maximum Gasteiger partial charge on any atom is 0.480 e. The van der Waals surface area contributed by atoms with Gasteiger partial charge in [0.2, 0.25) is 0 Å². The molecule has 0 saturated carbocycles. The molecule has 0 amide bonds. The van der Waals surface area contributed by atoms with Gasteiger partial charge in [-0.25, -0.2) is 16.8 Å². The summed E-state index contributed by atoms with van der Waals surface area (Å²) in [6, 6.07) is 0. The van der Waals surface area contributed by atoms with Gasteiger partial charge < -0.3 is 9.03 Å². The number of nitrogens with zero attached hydrogens (tertiary/aromatic N) is 2. The highest BCUT2D eigenvalue weighted by molar-refractivity contribution is 8.13. The normalized spacial score (nSPS) is 19.5. The molecule has 0 aromatic carbocycles. The summed E-state index contributed by atoms with van der Waals surface area (Å²) in [5.41, 5.74) is -12.4. The molecule has 23 heavy (non-hydrogen) atoms. The molecule has 0 bridgehead atoms. The molecule has 1 rings (SSSR count). The number of halogens is 6. The molecule has 1 aliphatic rings. The third kappa shape index (κ3) is 6.52. The lowest BCUT2D eigenvalue weighted by Crippen LogP contribution is -3.06. The maximum absolute atomic E-state index is 11.4. The van der Waals surface area contributed by atoms with Gasteiger partial charge in [-0.1, -0.05) is 0 Å². The Labute approximate surface area is 128 Å². The highest BCUT2D eigenvalue weighted by Crippen LogP contribution is 2.36. The molecular formula is C8H13F6N3O4S2. The fourth-order valence-corrected chi connectivity index (χ4v) is 2.81. The summed E-state index contributed by atoms with van der Waals surface area (Å²) in [7, 11) is -11.3. The van der Waals surface area contributed by atoms with Gasteiger partial charge in [-0.3, -0.25) is 4.90 Å². The van der Waals surface area contributed by atoms with E-state index in [9.17, 15) is 43.2 Å². The van der Waals surface area contributed by atoms with Crippen molar-refractivity contribution in [3.8, 4) is 0 Å². The van der Waals surface area contributed by atoms with Gasteiger partial charge >= 0.3 is 11.0 Å². The highest BCUT2D eigenvalue weighted by Gasteiger charge is 2.46. The zero-order valence-electron chi connectivity index (χ0n) is 11.7. The third-order valence-electron chi connectivity index (χ3n) is 2.25. The Morgan fingerprint density at radius 2 is 1.43 bits per heavy atom. The molecule has 0 spiro atoms. The van der Waals surface area contributed by atoms with Crippen molar-refractivity contribution in [1.29, 1.82) is 0 Å². The monoisotopic (exact) mass is 393 g/mol. The van der Waals surface area contributed by atoms with E-state index in [-0.39, 0.29) is 0 Å². The fourth-order valence-electron chi connectivity index (χ4n) is 1.10. The molecule has 0 fully saturated rings. The predicted molar refractivity (Wildman–Crippen MR) is 66.6 cm³/mol. The standard InChI is InChI=1S/C6H12N2.C2F6NO4S2/c1-3-8-5-4-7(2)6-8;3-1(4,5)14(10,11)9-15(12,13)2(6,7)8/h4-5H,3,6H2,1-2H3;/q;-1/p+1. The number of quaternary nitrogens is 1. The lowest BCUT2D eigenvalue weighted by Gasteiger charge is -2.22. The zero-order valence-corrected chi connectivity index (χ0v) is 13.3. The Morgan fingerprint density at radius 3 is 1.61 bits per heavy atom. The third-order valence-corrected chi connectivity index (χ3v) is 4.99. The minimum absolute atomic E-state index is 0.778.